The minimum absolute atomic E-state index is 0. The number of nitrogens with zero attached hydrogens (tertiary/aromatic N) is 1. The molecule has 0 aliphatic rings. The number of anilines is 1. The predicted molar refractivity (Wildman–Crippen MR) is 114 cm³/mol. The van der Waals surface area contributed by atoms with Crippen molar-refractivity contribution in [3.8, 4) is 5.75 Å². The topological polar surface area (TPSA) is 64.6 Å². The Kier molecular flexibility index (Phi) is 10.6. The van der Waals surface area contributed by atoms with Gasteiger partial charge in [-0.25, -0.2) is 4.79 Å². The summed E-state index contributed by atoms with van der Waals surface area (Å²) in [6, 6.07) is 13.8. The Bertz CT molecular complexity index is 820. The van der Waals surface area contributed by atoms with E-state index in [9.17, 15) is 9.59 Å². The van der Waals surface area contributed by atoms with Crippen molar-refractivity contribution in [1.29, 1.82) is 0 Å². The van der Waals surface area contributed by atoms with E-state index in [4.69, 9.17) is 9.47 Å². The highest BCUT2D eigenvalue weighted by Crippen LogP contribution is 2.20. The molecule has 1 N–H and O–H groups in total. The molecule has 0 bridgehead atoms. The molecule has 0 aliphatic carbocycles. The number of amides is 1. The number of likely N-dealkylation sites (N-methyl/N-ethyl adjacent to an activating group) is 1. The van der Waals surface area contributed by atoms with Crippen molar-refractivity contribution in [2.75, 3.05) is 45.2 Å². The van der Waals surface area contributed by atoms with Crippen molar-refractivity contribution in [3.63, 3.8) is 0 Å². The Morgan fingerprint density at radius 3 is 2.20 bits per heavy atom. The van der Waals surface area contributed by atoms with Crippen LogP contribution < -0.4 is 27.0 Å². The molecule has 0 saturated heterocycles. The number of nitrogens with one attached hydrogen (secondary N) is 1. The van der Waals surface area contributed by atoms with Gasteiger partial charge in [0.05, 0.1) is 37.9 Å². The molecule has 0 spiro atoms. The van der Waals surface area contributed by atoms with Crippen molar-refractivity contribution < 1.29 is 40.5 Å². The lowest BCUT2D eigenvalue weighted by atomic mass is 10.1. The largest absolute Gasteiger partial charge is 1.00 e. The van der Waals surface area contributed by atoms with Gasteiger partial charge in [-0.1, -0.05) is 12.1 Å². The highest BCUT2D eigenvalue weighted by atomic mass is 79.9. The normalized spacial score (nSPS) is 10.7. The van der Waals surface area contributed by atoms with Crippen LogP contribution in [0.1, 0.15) is 41.5 Å². The Morgan fingerprint density at radius 2 is 1.60 bits per heavy atom. The van der Waals surface area contributed by atoms with Gasteiger partial charge in [0.2, 0.25) is 0 Å². The van der Waals surface area contributed by atoms with Crippen LogP contribution in [0.4, 0.5) is 5.69 Å². The molecule has 0 unspecified atom stereocenters. The number of carbonyl (C=O) groups excluding carboxylic acids is 2. The van der Waals surface area contributed by atoms with Crippen molar-refractivity contribution in [2.24, 2.45) is 0 Å². The summed E-state index contributed by atoms with van der Waals surface area (Å²) in [7, 11) is 2.15. The zero-order valence-electron chi connectivity index (χ0n) is 18.1. The Morgan fingerprint density at radius 1 is 0.967 bits per heavy atom. The van der Waals surface area contributed by atoms with Gasteiger partial charge in [0.15, 0.2) is 0 Å². The molecular formula is C23H31BrN2O4. The summed E-state index contributed by atoms with van der Waals surface area (Å²) in [5.74, 6) is -0.0823. The molecule has 0 saturated carbocycles. The molecule has 0 heterocycles. The summed E-state index contributed by atoms with van der Waals surface area (Å²) in [6.07, 6.45) is 0. The maximum absolute atomic E-state index is 12.5. The van der Waals surface area contributed by atoms with E-state index in [0.29, 0.717) is 35.8 Å². The number of rotatable bonds is 10. The standard InChI is InChI=1S/C23H30N2O4.BrH/c1-5-25(4,6-2)16-17-29-23(27)18-12-14-19(15-13-18)24-22(26)20-10-8-9-11-21(20)28-7-3;/h8-15H,5-7,16-17H2,1-4H3;1H. The highest BCUT2D eigenvalue weighted by molar-refractivity contribution is 6.06. The Labute approximate surface area is 189 Å². The Hall–Kier alpha value is -2.38. The first-order valence-corrected chi connectivity index (χ1v) is 10.1. The van der Waals surface area contributed by atoms with Crippen LogP contribution in [-0.2, 0) is 4.74 Å². The first-order chi connectivity index (χ1) is 13.9. The lowest BCUT2D eigenvalue weighted by Crippen LogP contribution is -3.00. The van der Waals surface area contributed by atoms with Gasteiger partial charge in [-0.3, -0.25) is 4.79 Å². The summed E-state index contributed by atoms with van der Waals surface area (Å²) in [4.78, 5) is 24.8. The van der Waals surface area contributed by atoms with Gasteiger partial charge in [-0.15, -0.1) is 0 Å². The van der Waals surface area contributed by atoms with E-state index in [1.165, 1.54) is 0 Å². The summed E-state index contributed by atoms with van der Waals surface area (Å²) in [5, 5.41) is 2.83. The molecule has 1 amide bonds. The number of halogens is 1. The van der Waals surface area contributed by atoms with E-state index in [1.54, 1.807) is 42.5 Å². The molecular weight excluding hydrogens is 448 g/mol. The molecule has 2 rings (SSSR count). The molecule has 30 heavy (non-hydrogen) atoms. The lowest BCUT2D eigenvalue weighted by Gasteiger charge is -2.31. The van der Waals surface area contributed by atoms with E-state index in [0.717, 1.165) is 24.1 Å². The van der Waals surface area contributed by atoms with Crippen LogP contribution in [0, 0.1) is 0 Å². The third kappa shape index (κ3) is 7.15. The number of ether oxygens (including phenoxy) is 2. The van der Waals surface area contributed by atoms with Crippen LogP contribution in [0.5, 0.6) is 5.75 Å². The smallest absolute Gasteiger partial charge is 0.338 e. The van der Waals surface area contributed by atoms with Crippen molar-refractivity contribution in [3.05, 3.63) is 59.7 Å². The summed E-state index contributed by atoms with van der Waals surface area (Å²) < 4.78 is 11.8. The predicted octanol–water partition coefficient (Wildman–Crippen LogP) is 0.985. The zero-order valence-corrected chi connectivity index (χ0v) is 19.7. The number of esters is 1. The van der Waals surface area contributed by atoms with Gasteiger partial charge < -0.3 is 36.3 Å². The molecule has 0 radical (unpaired) electrons. The second-order valence-electron chi connectivity index (χ2n) is 7.07. The van der Waals surface area contributed by atoms with E-state index < -0.39 is 0 Å². The molecule has 6 nitrogen and oxygen atoms in total. The zero-order chi connectivity index (χ0) is 21.3. The van der Waals surface area contributed by atoms with Crippen LogP contribution in [0.25, 0.3) is 0 Å². The first-order valence-electron chi connectivity index (χ1n) is 10.1. The molecule has 7 heteroatoms. The molecule has 0 aliphatic heterocycles. The van der Waals surface area contributed by atoms with Gasteiger partial charge in [0, 0.05) is 5.69 Å². The summed E-state index contributed by atoms with van der Waals surface area (Å²) in [6.45, 7) is 9.77. The fourth-order valence-electron chi connectivity index (χ4n) is 2.81. The fraction of sp³-hybridized carbons (Fsp3) is 0.391. The van der Waals surface area contributed by atoms with E-state index in [-0.39, 0.29) is 28.9 Å². The van der Waals surface area contributed by atoms with E-state index >= 15 is 0 Å². The molecule has 0 atom stereocenters. The summed E-state index contributed by atoms with van der Waals surface area (Å²) in [5.41, 5.74) is 1.52. The van der Waals surface area contributed by atoms with Crippen LogP contribution in [0.15, 0.2) is 48.5 Å². The van der Waals surface area contributed by atoms with Gasteiger partial charge >= 0.3 is 5.97 Å². The lowest BCUT2D eigenvalue weighted by molar-refractivity contribution is -0.906. The van der Waals surface area contributed by atoms with Crippen LogP contribution in [-0.4, -0.2) is 56.3 Å². The number of quaternary nitrogens is 1. The second-order valence-corrected chi connectivity index (χ2v) is 7.07. The van der Waals surface area contributed by atoms with E-state index in [2.05, 4.69) is 26.2 Å². The third-order valence-electron chi connectivity index (χ3n) is 5.20. The van der Waals surface area contributed by atoms with Crippen molar-refractivity contribution in [2.45, 2.75) is 20.8 Å². The van der Waals surface area contributed by atoms with Crippen LogP contribution in [0.2, 0.25) is 0 Å². The van der Waals surface area contributed by atoms with Gasteiger partial charge in [0.25, 0.3) is 5.91 Å². The minimum atomic E-state index is -0.358. The van der Waals surface area contributed by atoms with Crippen molar-refractivity contribution in [1.82, 2.24) is 0 Å². The van der Waals surface area contributed by atoms with Crippen molar-refractivity contribution >= 4 is 17.6 Å². The number of benzene rings is 2. The molecule has 164 valence electrons. The number of para-hydroxylation sites is 1. The van der Waals surface area contributed by atoms with Crippen LogP contribution >= 0.6 is 0 Å². The number of hydrogen-bond acceptors (Lipinski definition) is 4. The maximum Gasteiger partial charge on any atom is 0.338 e. The Balaban J connectivity index is 0.00000450. The van der Waals surface area contributed by atoms with Gasteiger partial charge in [-0.05, 0) is 57.2 Å². The highest BCUT2D eigenvalue weighted by Gasteiger charge is 2.17. The molecule has 2 aromatic rings. The maximum atomic E-state index is 12.5. The summed E-state index contributed by atoms with van der Waals surface area (Å²) >= 11 is 0. The van der Waals surface area contributed by atoms with Gasteiger partial charge in [-0.2, -0.15) is 0 Å². The quantitative estimate of drug-likeness (QED) is 0.408. The first kappa shape index (κ1) is 25.7. The fourth-order valence-corrected chi connectivity index (χ4v) is 2.81. The third-order valence-corrected chi connectivity index (χ3v) is 5.20. The number of hydrogen-bond donors (Lipinski definition) is 1. The number of carbonyl (C=O) groups is 2. The SMILES string of the molecule is CCOc1ccccc1C(=O)Nc1ccc(C(=O)OCC[N+](C)(CC)CC)cc1.[Br-]. The average molecular weight is 479 g/mol. The molecule has 0 aromatic heterocycles. The van der Waals surface area contributed by atoms with Crippen LogP contribution in [0.3, 0.4) is 0 Å². The molecule has 2 aromatic carbocycles. The van der Waals surface area contributed by atoms with Gasteiger partial charge in [0.1, 0.15) is 18.9 Å². The second kappa shape index (κ2) is 12.3. The molecule has 0 fully saturated rings. The minimum Gasteiger partial charge on any atom is -1.00 e. The van der Waals surface area contributed by atoms with E-state index in [1.807, 2.05) is 13.0 Å². The average Bonchev–Trinajstić information content (AvgIpc) is 2.74. The monoisotopic (exact) mass is 478 g/mol.